The lowest BCUT2D eigenvalue weighted by atomic mass is 10.3. The van der Waals surface area contributed by atoms with E-state index in [0.29, 0.717) is 18.6 Å². The van der Waals surface area contributed by atoms with Gasteiger partial charge in [0.1, 0.15) is 5.78 Å². The number of ketones is 1. The summed E-state index contributed by atoms with van der Waals surface area (Å²) in [6.07, 6.45) is 1.89. The Morgan fingerprint density at radius 3 is 1.12 bits per heavy atom. The third kappa shape index (κ3) is 20.8. The molecule has 0 bridgehead atoms. The summed E-state index contributed by atoms with van der Waals surface area (Å²) in [7, 11) is 0. The summed E-state index contributed by atoms with van der Waals surface area (Å²) in [6, 6.07) is 0. The average Bonchev–Trinajstić information content (AvgIpc) is 2.40. The van der Waals surface area contributed by atoms with Crippen molar-refractivity contribution >= 4 is 17.7 Å². The highest BCUT2D eigenvalue weighted by Crippen LogP contribution is 1.88. The van der Waals surface area contributed by atoms with Gasteiger partial charge in [0.25, 0.3) is 0 Å². The van der Waals surface area contributed by atoms with Gasteiger partial charge in [-0.2, -0.15) is 0 Å². The first-order valence-corrected chi connectivity index (χ1v) is 6.26. The second-order valence-corrected chi connectivity index (χ2v) is 2.80. The third-order valence-electron chi connectivity index (χ3n) is 1.59. The molecule has 0 spiro atoms. The molecule has 4 heteroatoms. The molecule has 0 rings (SSSR count). The molecule has 0 saturated heterocycles. The largest absolute Gasteiger partial charge is 0.393 e. The molecule has 0 aromatic rings. The van der Waals surface area contributed by atoms with Crippen molar-refractivity contribution in [1.82, 2.24) is 0 Å². The molecule has 0 aliphatic heterocycles. The second kappa shape index (κ2) is 17.2. The number of carbonyl (C=O) groups is 3. The minimum absolute atomic E-state index is 0.256. The molecule has 0 saturated carbocycles. The van der Waals surface area contributed by atoms with Crippen molar-refractivity contribution < 1.29 is 19.1 Å². The molecule has 0 fully saturated rings. The van der Waals surface area contributed by atoms with Crippen molar-refractivity contribution in [3.8, 4) is 0 Å². The molecule has 0 N–H and O–H groups in total. The van der Waals surface area contributed by atoms with Gasteiger partial charge in [-0.3, -0.25) is 14.4 Å². The van der Waals surface area contributed by atoms with E-state index in [2.05, 4.69) is 4.74 Å². The zero-order chi connectivity index (χ0) is 14.3. The maximum Gasteiger partial charge on any atom is 0.313 e. The molecule has 0 heterocycles. The number of carbonyl (C=O) groups excluding carboxylic acids is 3. The summed E-state index contributed by atoms with van der Waals surface area (Å²) in [4.78, 5) is 30.9. The Labute approximate surface area is 105 Å². The minimum atomic E-state index is -0.457. The Morgan fingerprint density at radius 2 is 1.00 bits per heavy atom. The van der Waals surface area contributed by atoms with Gasteiger partial charge in [0.05, 0.1) is 0 Å². The predicted octanol–water partition coefficient (Wildman–Crippen LogP) is 3.28. The first-order valence-electron chi connectivity index (χ1n) is 6.26. The van der Waals surface area contributed by atoms with Crippen LogP contribution in [0.25, 0.3) is 0 Å². The lowest BCUT2D eigenvalue weighted by Gasteiger charge is -1.95. The highest BCUT2D eigenvalue weighted by molar-refractivity contribution is 5.84. The molecule has 0 aliphatic rings. The Kier molecular flexibility index (Phi) is 21.4. The average molecular weight is 246 g/mol. The standard InChI is InChI=1S/C6H10O3.C5H10O.C2H6/c1-3-5(7)9-6(8)4-2;1-3-5(6)4-2;1-2/h3-4H2,1-2H3;3-4H2,1-2H3;1-2H3. The summed E-state index contributed by atoms with van der Waals surface area (Å²) >= 11 is 0. The van der Waals surface area contributed by atoms with Crippen molar-refractivity contribution in [3.05, 3.63) is 0 Å². The van der Waals surface area contributed by atoms with Crippen LogP contribution in [-0.4, -0.2) is 17.7 Å². The quantitative estimate of drug-likeness (QED) is 0.564. The van der Waals surface area contributed by atoms with Crippen LogP contribution in [-0.2, 0) is 19.1 Å². The van der Waals surface area contributed by atoms with E-state index in [1.807, 2.05) is 27.7 Å². The Hall–Kier alpha value is -1.19. The summed E-state index contributed by atoms with van der Waals surface area (Å²) in [5, 5.41) is 0. The van der Waals surface area contributed by atoms with Crippen LogP contribution in [0.5, 0.6) is 0 Å². The number of hydrogen-bond donors (Lipinski definition) is 0. The first-order chi connectivity index (χ1) is 8.01. The maximum atomic E-state index is 10.3. The lowest BCUT2D eigenvalue weighted by molar-refractivity contribution is -0.159. The van der Waals surface area contributed by atoms with Crippen molar-refractivity contribution in [2.45, 2.75) is 67.2 Å². The highest BCUT2D eigenvalue weighted by Gasteiger charge is 2.03. The molecular weight excluding hydrogens is 220 g/mol. The van der Waals surface area contributed by atoms with E-state index in [9.17, 15) is 14.4 Å². The van der Waals surface area contributed by atoms with E-state index in [1.54, 1.807) is 13.8 Å². The predicted molar refractivity (Wildman–Crippen MR) is 68.6 cm³/mol. The van der Waals surface area contributed by atoms with Crippen LogP contribution in [0.2, 0.25) is 0 Å². The van der Waals surface area contributed by atoms with Gasteiger partial charge < -0.3 is 4.74 Å². The molecule has 4 nitrogen and oxygen atoms in total. The van der Waals surface area contributed by atoms with Crippen LogP contribution >= 0.6 is 0 Å². The van der Waals surface area contributed by atoms with Crippen LogP contribution in [0.4, 0.5) is 0 Å². The molecule has 17 heavy (non-hydrogen) atoms. The molecular formula is C13H26O4. The highest BCUT2D eigenvalue weighted by atomic mass is 16.6. The fourth-order valence-corrected chi connectivity index (χ4v) is 0.521. The van der Waals surface area contributed by atoms with Crippen molar-refractivity contribution in [2.24, 2.45) is 0 Å². The van der Waals surface area contributed by atoms with Gasteiger partial charge in [-0.05, 0) is 0 Å². The van der Waals surface area contributed by atoms with E-state index in [0.717, 1.165) is 0 Å². The Bertz CT molecular complexity index is 189. The van der Waals surface area contributed by atoms with Gasteiger partial charge in [-0.1, -0.05) is 41.5 Å². The SMILES string of the molecule is CC.CCC(=O)CC.CCC(=O)OC(=O)CC. The second-order valence-electron chi connectivity index (χ2n) is 2.80. The van der Waals surface area contributed by atoms with E-state index < -0.39 is 11.9 Å². The Balaban J connectivity index is -0.000000213. The zero-order valence-corrected chi connectivity index (χ0v) is 12.0. The van der Waals surface area contributed by atoms with Crippen molar-refractivity contribution in [2.75, 3.05) is 0 Å². The van der Waals surface area contributed by atoms with Crippen LogP contribution in [0.15, 0.2) is 0 Å². The van der Waals surface area contributed by atoms with Gasteiger partial charge in [-0.25, -0.2) is 0 Å². The van der Waals surface area contributed by atoms with Crippen LogP contribution in [0.1, 0.15) is 67.2 Å². The number of hydrogen-bond acceptors (Lipinski definition) is 4. The summed E-state index contributed by atoms with van der Waals surface area (Å²) in [5.41, 5.74) is 0. The van der Waals surface area contributed by atoms with Gasteiger partial charge >= 0.3 is 11.9 Å². The zero-order valence-electron chi connectivity index (χ0n) is 12.0. The molecule has 0 aromatic carbocycles. The van der Waals surface area contributed by atoms with Gasteiger partial charge in [0, 0.05) is 25.7 Å². The summed E-state index contributed by atoms with van der Waals surface area (Å²) < 4.78 is 4.27. The van der Waals surface area contributed by atoms with E-state index in [1.165, 1.54) is 0 Å². The van der Waals surface area contributed by atoms with Crippen LogP contribution in [0.3, 0.4) is 0 Å². The molecule has 0 aromatic heterocycles. The molecule has 0 radical (unpaired) electrons. The molecule has 102 valence electrons. The van der Waals surface area contributed by atoms with Crippen LogP contribution < -0.4 is 0 Å². The number of ether oxygens (including phenoxy) is 1. The van der Waals surface area contributed by atoms with Gasteiger partial charge in [0.2, 0.25) is 0 Å². The van der Waals surface area contributed by atoms with Crippen molar-refractivity contribution in [3.63, 3.8) is 0 Å². The topological polar surface area (TPSA) is 60.4 Å². The normalized spacial score (nSPS) is 7.88. The van der Waals surface area contributed by atoms with E-state index in [4.69, 9.17) is 0 Å². The number of esters is 2. The summed E-state index contributed by atoms with van der Waals surface area (Å²) in [5.74, 6) is -0.571. The molecule has 0 aliphatic carbocycles. The smallest absolute Gasteiger partial charge is 0.313 e. The number of Topliss-reactive ketones (excluding diaryl/α,β-unsaturated/α-hetero) is 1. The van der Waals surface area contributed by atoms with E-state index in [-0.39, 0.29) is 12.8 Å². The lowest BCUT2D eigenvalue weighted by Crippen LogP contribution is -2.09. The van der Waals surface area contributed by atoms with Gasteiger partial charge in [0.15, 0.2) is 0 Å². The fraction of sp³-hybridized carbons (Fsp3) is 0.769. The Morgan fingerprint density at radius 1 is 0.706 bits per heavy atom. The third-order valence-corrected chi connectivity index (χ3v) is 1.59. The number of rotatable bonds is 4. The van der Waals surface area contributed by atoms with Crippen molar-refractivity contribution in [1.29, 1.82) is 0 Å². The minimum Gasteiger partial charge on any atom is -0.393 e. The monoisotopic (exact) mass is 246 g/mol. The molecule has 0 unspecified atom stereocenters. The maximum absolute atomic E-state index is 10.3. The molecule has 0 atom stereocenters. The van der Waals surface area contributed by atoms with Crippen LogP contribution in [0, 0.1) is 0 Å². The molecule has 0 amide bonds. The van der Waals surface area contributed by atoms with E-state index >= 15 is 0 Å². The fourth-order valence-electron chi connectivity index (χ4n) is 0.521. The van der Waals surface area contributed by atoms with Gasteiger partial charge in [-0.15, -0.1) is 0 Å². The first kappa shape index (κ1) is 21.1. The summed E-state index contributed by atoms with van der Waals surface area (Å²) in [6.45, 7) is 11.0.